The van der Waals surface area contributed by atoms with Crippen LogP contribution in [0.15, 0.2) is 0 Å². The lowest BCUT2D eigenvalue weighted by Gasteiger charge is -2.27. The van der Waals surface area contributed by atoms with Crippen molar-refractivity contribution in [1.82, 2.24) is 5.32 Å². The Bertz CT molecular complexity index is 106. The molecule has 2 rings (SSSR count). The number of rotatable bonds is 2. The second kappa shape index (κ2) is 4.32. The third kappa shape index (κ3) is 2.34. The molecule has 0 bridgehead atoms. The Morgan fingerprint density at radius 3 is 2.36 bits per heavy atom. The number of hydrogen-bond donors (Lipinski definition) is 1. The SMILES string of the molecule is C1CC(CC2CCCN2)C1.Cl. The highest BCUT2D eigenvalue weighted by Crippen LogP contribution is 2.31. The molecule has 0 spiro atoms. The largest absolute Gasteiger partial charge is 0.314 e. The third-order valence-corrected chi connectivity index (χ3v) is 3.00. The Morgan fingerprint density at radius 2 is 1.91 bits per heavy atom. The summed E-state index contributed by atoms with van der Waals surface area (Å²) in [5, 5.41) is 3.56. The molecule has 0 aromatic heterocycles. The van der Waals surface area contributed by atoms with Crippen molar-refractivity contribution in [3.63, 3.8) is 0 Å². The van der Waals surface area contributed by atoms with Crippen molar-refractivity contribution in [2.24, 2.45) is 5.92 Å². The molecule has 1 N–H and O–H groups in total. The first kappa shape index (κ1) is 9.34. The van der Waals surface area contributed by atoms with Gasteiger partial charge in [0.2, 0.25) is 0 Å². The molecule has 1 saturated heterocycles. The van der Waals surface area contributed by atoms with E-state index in [0.29, 0.717) is 0 Å². The summed E-state index contributed by atoms with van der Waals surface area (Å²) in [4.78, 5) is 0. The normalized spacial score (nSPS) is 31.1. The number of halogens is 1. The Kier molecular flexibility index (Phi) is 3.67. The van der Waals surface area contributed by atoms with Crippen LogP contribution >= 0.6 is 12.4 Å². The lowest BCUT2D eigenvalue weighted by Crippen LogP contribution is -2.26. The molecule has 0 aromatic rings. The number of hydrogen-bond acceptors (Lipinski definition) is 1. The minimum Gasteiger partial charge on any atom is -0.314 e. The van der Waals surface area contributed by atoms with Gasteiger partial charge in [0.1, 0.15) is 0 Å². The molecule has 1 nitrogen and oxygen atoms in total. The van der Waals surface area contributed by atoms with Crippen molar-refractivity contribution >= 4 is 12.4 Å². The van der Waals surface area contributed by atoms with Gasteiger partial charge in [0.25, 0.3) is 0 Å². The summed E-state index contributed by atoms with van der Waals surface area (Å²) in [7, 11) is 0. The van der Waals surface area contributed by atoms with Gasteiger partial charge in [-0.1, -0.05) is 19.3 Å². The lowest BCUT2D eigenvalue weighted by molar-refractivity contribution is 0.268. The molecule has 66 valence electrons. The van der Waals surface area contributed by atoms with E-state index in [1.54, 1.807) is 0 Å². The van der Waals surface area contributed by atoms with E-state index in [1.165, 1.54) is 45.1 Å². The van der Waals surface area contributed by atoms with Gasteiger partial charge in [-0.2, -0.15) is 0 Å². The van der Waals surface area contributed by atoms with Gasteiger partial charge in [0.05, 0.1) is 0 Å². The highest BCUT2D eigenvalue weighted by molar-refractivity contribution is 5.85. The second-order valence-electron chi connectivity index (χ2n) is 3.83. The van der Waals surface area contributed by atoms with Crippen LogP contribution in [0.1, 0.15) is 38.5 Å². The molecule has 1 unspecified atom stereocenters. The van der Waals surface area contributed by atoms with Gasteiger partial charge in [-0.3, -0.25) is 0 Å². The molecule has 0 radical (unpaired) electrons. The maximum Gasteiger partial charge on any atom is 0.00701 e. The quantitative estimate of drug-likeness (QED) is 0.680. The molecular weight excluding hydrogens is 158 g/mol. The third-order valence-electron chi connectivity index (χ3n) is 3.00. The zero-order chi connectivity index (χ0) is 6.81. The van der Waals surface area contributed by atoms with E-state index in [-0.39, 0.29) is 12.4 Å². The van der Waals surface area contributed by atoms with Crippen molar-refractivity contribution in [2.45, 2.75) is 44.6 Å². The molecule has 1 aliphatic carbocycles. The van der Waals surface area contributed by atoms with Crippen LogP contribution in [-0.2, 0) is 0 Å². The predicted octanol–water partition coefficient (Wildman–Crippen LogP) is 2.35. The highest BCUT2D eigenvalue weighted by atomic mass is 35.5. The minimum atomic E-state index is 0. The van der Waals surface area contributed by atoms with Crippen LogP contribution in [0.25, 0.3) is 0 Å². The van der Waals surface area contributed by atoms with E-state index in [2.05, 4.69) is 5.32 Å². The van der Waals surface area contributed by atoms with Crippen LogP contribution in [0.3, 0.4) is 0 Å². The highest BCUT2D eigenvalue weighted by Gasteiger charge is 2.23. The first-order valence-corrected chi connectivity index (χ1v) is 4.68. The average Bonchev–Trinajstić information content (AvgIpc) is 2.29. The van der Waals surface area contributed by atoms with E-state index in [9.17, 15) is 0 Å². The molecular formula is C9H18ClN. The van der Waals surface area contributed by atoms with E-state index in [0.717, 1.165) is 12.0 Å². The Hall–Kier alpha value is 0.250. The lowest BCUT2D eigenvalue weighted by atomic mass is 9.81. The van der Waals surface area contributed by atoms with Crippen molar-refractivity contribution in [3.05, 3.63) is 0 Å². The maximum atomic E-state index is 3.56. The summed E-state index contributed by atoms with van der Waals surface area (Å²) in [6.07, 6.45) is 8.85. The van der Waals surface area contributed by atoms with Crippen LogP contribution in [0.2, 0.25) is 0 Å². The van der Waals surface area contributed by atoms with Gasteiger partial charge in [0.15, 0.2) is 0 Å². The summed E-state index contributed by atoms with van der Waals surface area (Å²) in [6.45, 7) is 1.28. The first-order valence-electron chi connectivity index (χ1n) is 4.68. The van der Waals surface area contributed by atoms with E-state index >= 15 is 0 Å². The van der Waals surface area contributed by atoms with Crippen LogP contribution in [0, 0.1) is 5.92 Å². The molecule has 11 heavy (non-hydrogen) atoms. The smallest absolute Gasteiger partial charge is 0.00701 e. The van der Waals surface area contributed by atoms with Gasteiger partial charge in [-0.15, -0.1) is 12.4 Å². The molecule has 0 amide bonds. The van der Waals surface area contributed by atoms with E-state index in [1.807, 2.05) is 0 Å². The topological polar surface area (TPSA) is 12.0 Å². The van der Waals surface area contributed by atoms with E-state index < -0.39 is 0 Å². The monoisotopic (exact) mass is 175 g/mol. The standard InChI is InChI=1S/C9H17N.ClH/c1-3-8(4-1)7-9-5-2-6-10-9;/h8-10H,1-7H2;1H. The Morgan fingerprint density at radius 1 is 1.09 bits per heavy atom. The van der Waals surface area contributed by atoms with Crippen LogP contribution < -0.4 is 5.32 Å². The van der Waals surface area contributed by atoms with Crippen LogP contribution in [-0.4, -0.2) is 12.6 Å². The fourth-order valence-corrected chi connectivity index (χ4v) is 2.09. The molecule has 1 atom stereocenters. The number of nitrogens with one attached hydrogen (secondary N) is 1. The van der Waals surface area contributed by atoms with Gasteiger partial charge in [-0.05, 0) is 31.7 Å². The van der Waals surface area contributed by atoms with Crippen molar-refractivity contribution < 1.29 is 0 Å². The summed E-state index contributed by atoms with van der Waals surface area (Å²) in [5.74, 6) is 1.09. The molecule has 0 aromatic carbocycles. The van der Waals surface area contributed by atoms with E-state index in [4.69, 9.17) is 0 Å². The summed E-state index contributed by atoms with van der Waals surface area (Å²) in [5.41, 5.74) is 0. The molecule has 2 heteroatoms. The van der Waals surface area contributed by atoms with Gasteiger partial charge in [-0.25, -0.2) is 0 Å². The average molecular weight is 176 g/mol. The first-order chi connectivity index (χ1) is 4.95. The Labute approximate surface area is 75.4 Å². The fourth-order valence-electron chi connectivity index (χ4n) is 2.09. The van der Waals surface area contributed by atoms with Crippen molar-refractivity contribution in [2.75, 3.05) is 6.54 Å². The molecule has 2 aliphatic rings. The molecule has 1 saturated carbocycles. The van der Waals surface area contributed by atoms with Crippen molar-refractivity contribution in [1.29, 1.82) is 0 Å². The van der Waals surface area contributed by atoms with Gasteiger partial charge >= 0.3 is 0 Å². The van der Waals surface area contributed by atoms with Gasteiger partial charge < -0.3 is 5.32 Å². The summed E-state index contributed by atoms with van der Waals surface area (Å²) in [6, 6.07) is 0.894. The second-order valence-corrected chi connectivity index (χ2v) is 3.83. The fraction of sp³-hybridized carbons (Fsp3) is 1.00. The summed E-state index contributed by atoms with van der Waals surface area (Å²) < 4.78 is 0. The van der Waals surface area contributed by atoms with Crippen LogP contribution in [0.5, 0.6) is 0 Å². The predicted molar refractivity (Wildman–Crippen MR) is 50.2 cm³/mol. The molecule has 1 aliphatic heterocycles. The Balaban J connectivity index is 0.000000605. The molecule has 2 fully saturated rings. The minimum absolute atomic E-state index is 0. The van der Waals surface area contributed by atoms with Crippen molar-refractivity contribution in [3.8, 4) is 0 Å². The zero-order valence-corrected chi connectivity index (χ0v) is 7.83. The van der Waals surface area contributed by atoms with Crippen LogP contribution in [0.4, 0.5) is 0 Å². The van der Waals surface area contributed by atoms with Gasteiger partial charge in [0, 0.05) is 6.04 Å². The maximum absolute atomic E-state index is 3.56. The molecule has 1 heterocycles. The summed E-state index contributed by atoms with van der Waals surface area (Å²) >= 11 is 0. The zero-order valence-electron chi connectivity index (χ0n) is 7.01.